The molecule has 3 aliphatic rings. The lowest BCUT2D eigenvalue weighted by Crippen LogP contribution is -2.16. The lowest BCUT2D eigenvalue weighted by molar-refractivity contribution is -0.133. The zero-order valence-electron chi connectivity index (χ0n) is 8.96. The van der Waals surface area contributed by atoms with Crippen LogP contribution in [0.15, 0.2) is 69.6 Å². The van der Waals surface area contributed by atoms with Crippen LogP contribution in [0, 0.1) is 5.92 Å². The molecule has 0 fully saturated rings. The monoisotopic (exact) mass is 242 g/mol. The van der Waals surface area contributed by atoms with Gasteiger partial charge in [0.15, 0.2) is 0 Å². The molecule has 84 valence electrons. The maximum absolute atomic E-state index is 11.3. The second kappa shape index (κ2) is 3.93. The minimum atomic E-state index is -0.841. The molecule has 2 aliphatic carbocycles. The molecule has 1 atom stereocenters. The third-order valence-corrected chi connectivity index (χ3v) is 4.00. The fraction of sp³-hybridized carbons (Fsp3) is 0.0714. The molecule has 17 heavy (non-hydrogen) atoms. The van der Waals surface area contributed by atoms with E-state index in [4.69, 9.17) is 0 Å². The van der Waals surface area contributed by atoms with Crippen molar-refractivity contribution in [2.45, 2.75) is 0 Å². The Kier molecular flexibility index (Phi) is 2.41. The number of carboxylic acids is 1. The van der Waals surface area contributed by atoms with Crippen LogP contribution in [0.5, 0.6) is 0 Å². The summed E-state index contributed by atoms with van der Waals surface area (Å²) in [6, 6.07) is 0. The van der Waals surface area contributed by atoms with E-state index in [1.165, 1.54) is 0 Å². The number of hydrogen-bond acceptors (Lipinski definition) is 2. The van der Waals surface area contributed by atoms with Crippen molar-refractivity contribution in [3.63, 3.8) is 0 Å². The largest absolute Gasteiger partial charge is 0.478 e. The Bertz CT molecular complexity index is 571. The highest BCUT2D eigenvalue weighted by molar-refractivity contribution is 8.05. The van der Waals surface area contributed by atoms with E-state index >= 15 is 0 Å². The van der Waals surface area contributed by atoms with Gasteiger partial charge >= 0.3 is 5.97 Å². The van der Waals surface area contributed by atoms with Gasteiger partial charge in [0, 0.05) is 16.4 Å². The van der Waals surface area contributed by atoms with Gasteiger partial charge in [0.1, 0.15) is 0 Å². The van der Waals surface area contributed by atoms with Gasteiger partial charge in [-0.1, -0.05) is 36.5 Å². The van der Waals surface area contributed by atoms with E-state index in [1.54, 1.807) is 17.8 Å². The zero-order valence-corrected chi connectivity index (χ0v) is 9.78. The number of hydrogen-bond donors (Lipinski definition) is 1. The van der Waals surface area contributed by atoms with Crippen molar-refractivity contribution in [2.75, 3.05) is 0 Å². The van der Waals surface area contributed by atoms with Gasteiger partial charge in [0.2, 0.25) is 0 Å². The maximum Gasteiger partial charge on any atom is 0.332 e. The second-order valence-electron chi connectivity index (χ2n) is 3.97. The Balaban J connectivity index is 2.18. The minimum Gasteiger partial charge on any atom is -0.478 e. The van der Waals surface area contributed by atoms with E-state index < -0.39 is 5.97 Å². The number of rotatable bonds is 1. The Morgan fingerprint density at radius 3 is 3.00 bits per heavy atom. The molecule has 0 amide bonds. The molecule has 1 aliphatic heterocycles. The van der Waals surface area contributed by atoms with Crippen molar-refractivity contribution < 1.29 is 9.90 Å². The van der Waals surface area contributed by atoms with E-state index in [0.717, 1.165) is 16.1 Å². The predicted molar refractivity (Wildman–Crippen MR) is 69.3 cm³/mol. The summed E-state index contributed by atoms with van der Waals surface area (Å²) in [6.45, 7) is 0. The molecule has 0 aromatic carbocycles. The van der Waals surface area contributed by atoms with Gasteiger partial charge < -0.3 is 5.11 Å². The number of carbonyl (C=O) groups is 1. The molecule has 3 rings (SSSR count). The summed E-state index contributed by atoms with van der Waals surface area (Å²) in [6.07, 6.45) is 13.6. The van der Waals surface area contributed by atoms with E-state index in [1.807, 2.05) is 41.9 Å². The van der Waals surface area contributed by atoms with Crippen LogP contribution in [-0.4, -0.2) is 11.1 Å². The molecular formula is C14H10O2S. The van der Waals surface area contributed by atoms with Crippen LogP contribution >= 0.6 is 11.8 Å². The highest BCUT2D eigenvalue weighted by Gasteiger charge is 2.30. The maximum atomic E-state index is 11.3. The van der Waals surface area contributed by atoms with E-state index in [-0.39, 0.29) is 5.92 Å². The third-order valence-electron chi connectivity index (χ3n) is 2.98. The topological polar surface area (TPSA) is 37.3 Å². The van der Waals surface area contributed by atoms with Gasteiger partial charge in [-0.3, -0.25) is 0 Å². The van der Waals surface area contributed by atoms with Crippen LogP contribution in [-0.2, 0) is 4.79 Å². The summed E-state index contributed by atoms with van der Waals surface area (Å²) in [5, 5.41) is 11.3. The van der Waals surface area contributed by atoms with Crippen LogP contribution in [0.4, 0.5) is 0 Å². The molecule has 0 aromatic heterocycles. The van der Waals surface area contributed by atoms with Crippen LogP contribution in [0.3, 0.4) is 0 Å². The van der Waals surface area contributed by atoms with Gasteiger partial charge in [-0.2, -0.15) is 0 Å². The SMILES string of the molecule is O=C(O)C1=CC2=CC=CC2=C2SC=CC=CC12. The summed E-state index contributed by atoms with van der Waals surface area (Å²) in [5.41, 5.74) is 2.61. The van der Waals surface area contributed by atoms with Crippen molar-refractivity contribution in [1.29, 1.82) is 0 Å². The molecule has 1 heterocycles. The standard InChI is InChI=1S/C14H10O2S/c15-14(16)12-8-9-4-3-6-10(9)13-11(12)5-1-2-7-17-13/h1-8,11H,(H,15,16). The van der Waals surface area contributed by atoms with Crippen LogP contribution in [0.25, 0.3) is 0 Å². The Morgan fingerprint density at radius 1 is 1.29 bits per heavy atom. The summed E-state index contributed by atoms with van der Waals surface area (Å²) >= 11 is 1.61. The van der Waals surface area contributed by atoms with Gasteiger partial charge in [-0.25, -0.2) is 4.79 Å². The molecule has 0 radical (unpaired) electrons. The Morgan fingerprint density at radius 2 is 2.18 bits per heavy atom. The summed E-state index contributed by atoms with van der Waals surface area (Å²) < 4.78 is 0. The van der Waals surface area contributed by atoms with Crippen molar-refractivity contribution in [3.8, 4) is 0 Å². The van der Waals surface area contributed by atoms with Crippen LogP contribution in [0.2, 0.25) is 0 Å². The number of fused-ring (bicyclic) bond motifs is 2. The quantitative estimate of drug-likeness (QED) is 0.767. The van der Waals surface area contributed by atoms with E-state index in [0.29, 0.717) is 5.57 Å². The molecule has 0 spiro atoms. The summed E-state index contributed by atoms with van der Waals surface area (Å²) in [4.78, 5) is 12.4. The van der Waals surface area contributed by atoms with Crippen molar-refractivity contribution in [3.05, 3.63) is 69.6 Å². The smallest absolute Gasteiger partial charge is 0.332 e. The number of thioether (sulfide) groups is 1. The summed E-state index contributed by atoms with van der Waals surface area (Å²) in [7, 11) is 0. The predicted octanol–water partition coefficient (Wildman–Crippen LogP) is 3.19. The number of aliphatic carboxylic acids is 1. The van der Waals surface area contributed by atoms with Gasteiger partial charge in [0.05, 0.1) is 0 Å². The first-order valence-electron chi connectivity index (χ1n) is 5.35. The average Bonchev–Trinajstić information content (AvgIpc) is 2.64. The first kappa shape index (κ1) is 10.4. The Labute approximate surface area is 103 Å². The van der Waals surface area contributed by atoms with Gasteiger partial charge in [-0.05, 0) is 22.6 Å². The minimum absolute atomic E-state index is 0.123. The van der Waals surface area contributed by atoms with Gasteiger partial charge in [-0.15, -0.1) is 11.8 Å². The normalized spacial score (nSPS) is 25.1. The molecule has 3 heteroatoms. The van der Waals surface area contributed by atoms with E-state index in [9.17, 15) is 9.90 Å². The fourth-order valence-corrected chi connectivity index (χ4v) is 3.19. The molecule has 0 saturated carbocycles. The lowest BCUT2D eigenvalue weighted by atomic mass is 9.87. The molecule has 0 aromatic rings. The summed E-state index contributed by atoms with van der Waals surface area (Å²) in [5.74, 6) is -0.964. The highest BCUT2D eigenvalue weighted by Crippen LogP contribution is 2.44. The first-order chi connectivity index (χ1) is 8.27. The second-order valence-corrected chi connectivity index (χ2v) is 4.92. The highest BCUT2D eigenvalue weighted by atomic mass is 32.2. The molecule has 0 saturated heterocycles. The van der Waals surface area contributed by atoms with Crippen LogP contribution in [0.1, 0.15) is 0 Å². The van der Waals surface area contributed by atoms with Crippen molar-refractivity contribution >= 4 is 17.7 Å². The molecule has 0 bridgehead atoms. The fourth-order valence-electron chi connectivity index (χ4n) is 2.21. The lowest BCUT2D eigenvalue weighted by Gasteiger charge is -2.23. The molecule has 2 nitrogen and oxygen atoms in total. The Hall–Kier alpha value is -1.74. The van der Waals surface area contributed by atoms with Gasteiger partial charge in [0.25, 0.3) is 0 Å². The zero-order chi connectivity index (χ0) is 11.8. The number of carboxylic acid groups (broad SMARTS) is 1. The average molecular weight is 242 g/mol. The molecule has 1 unspecified atom stereocenters. The third kappa shape index (κ3) is 1.63. The molecule has 1 N–H and O–H groups in total. The van der Waals surface area contributed by atoms with Crippen molar-refractivity contribution in [2.24, 2.45) is 5.92 Å². The van der Waals surface area contributed by atoms with E-state index in [2.05, 4.69) is 0 Å². The van der Waals surface area contributed by atoms with Crippen LogP contribution < -0.4 is 0 Å². The number of allylic oxidation sites excluding steroid dienone is 10. The van der Waals surface area contributed by atoms with Crippen molar-refractivity contribution in [1.82, 2.24) is 0 Å². The molecular weight excluding hydrogens is 232 g/mol. The first-order valence-corrected chi connectivity index (χ1v) is 6.23.